The Morgan fingerprint density at radius 3 is 2.68 bits per heavy atom. The minimum absolute atomic E-state index is 0.125. The number of hydrogen-bond acceptors (Lipinski definition) is 3. The number of hydrogen-bond donors (Lipinski definition) is 1. The number of halogens is 2. The van der Waals surface area contributed by atoms with Crippen LogP contribution < -0.4 is 10.1 Å². The molecule has 0 atom stereocenters. The molecule has 0 saturated heterocycles. The van der Waals surface area contributed by atoms with Crippen molar-refractivity contribution >= 4 is 44.6 Å². The summed E-state index contributed by atoms with van der Waals surface area (Å²) in [6, 6.07) is 9.91. The zero-order chi connectivity index (χ0) is 13.8. The van der Waals surface area contributed by atoms with Crippen LogP contribution in [0.5, 0.6) is 5.75 Å². The van der Waals surface area contributed by atoms with Gasteiger partial charge in [-0.25, -0.2) is 0 Å². The van der Waals surface area contributed by atoms with Crippen molar-refractivity contribution in [3.8, 4) is 5.75 Å². The molecule has 1 N–H and O–H groups in total. The van der Waals surface area contributed by atoms with E-state index in [9.17, 15) is 0 Å². The van der Waals surface area contributed by atoms with Gasteiger partial charge in [-0.2, -0.15) is 0 Å². The highest BCUT2D eigenvalue weighted by Crippen LogP contribution is 2.29. The Balaban J connectivity index is 1.99. The third-order valence-corrected chi connectivity index (χ3v) is 4.31. The van der Waals surface area contributed by atoms with E-state index in [0.717, 1.165) is 21.8 Å². The van der Waals surface area contributed by atoms with Crippen LogP contribution >= 0.6 is 38.9 Å². The average Bonchev–Trinajstić information content (AvgIpc) is 2.75. The number of nitrogens with one attached hydrogen (secondary N) is 1. The van der Waals surface area contributed by atoms with E-state index in [0.29, 0.717) is 5.02 Å². The van der Waals surface area contributed by atoms with E-state index in [-0.39, 0.29) is 6.10 Å². The maximum absolute atomic E-state index is 6.19. The van der Waals surface area contributed by atoms with E-state index in [4.69, 9.17) is 16.3 Å². The second-order valence-electron chi connectivity index (χ2n) is 4.37. The minimum atomic E-state index is 0.125. The summed E-state index contributed by atoms with van der Waals surface area (Å²) >= 11 is 11.4. The van der Waals surface area contributed by atoms with Gasteiger partial charge in [0, 0.05) is 17.1 Å². The lowest BCUT2D eigenvalue weighted by atomic mass is 10.3. The van der Waals surface area contributed by atoms with Gasteiger partial charge in [0.1, 0.15) is 5.75 Å². The van der Waals surface area contributed by atoms with Crippen molar-refractivity contribution in [2.24, 2.45) is 0 Å². The smallest absolute Gasteiger partial charge is 0.138 e. The standard InChI is InChI=1S/C14H15BrClNOS/c1-9(2)18-13-5-3-10(7-12(13)16)17-8-11-4-6-14(15)19-11/h3-7,9,17H,8H2,1-2H3. The normalized spacial score (nSPS) is 10.8. The minimum Gasteiger partial charge on any atom is -0.489 e. The molecule has 0 saturated carbocycles. The molecule has 0 spiro atoms. The van der Waals surface area contributed by atoms with E-state index in [2.05, 4.69) is 27.3 Å². The third-order valence-electron chi connectivity index (χ3n) is 2.39. The van der Waals surface area contributed by atoms with E-state index in [1.807, 2.05) is 38.1 Å². The van der Waals surface area contributed by atoms with Crippen LogP contribution in [0.3, 0.4) is 0 Å². The zero-order valence-corrected chi connectivity index (χ0v) is 13.9. The Bertz CT molecular complexity index is 556. The molecular formula is C14H15BrClNOS. The Kier molecular flexibility index (Phi) is 5.13. The molecule has 19 heavy (non-hydrogen) atoms. The highest BCUT2D eigenvalue weighted by Gasteiger charge is 2.05. The van der Waals surface area contributed by atoms with Crippen LogP contribution in [0.15, 0.2) is 34.1 Å². The first-order chi connectivity index (χ1) is 9.04. The molecule has 0 aliphatic heterocycles. The highest BCUT2D eigenvalue weighted by atomic mass is 79.9. The van der Waals surface area contributed by atoms with Crippen LogP contribution in [0.2, 0.25) is 5.02 Å². The fourth-order valence-electron chi connectivity index (χ4n) is 1.60. The Morgan fingerprint density at radius 2 is 2.11 bits per heavy atom. The number of rotatable bonds is 5. The molecule has 1 heterocycles. The quantitative estimate of drug-likeness (QED) is 0.753. The summed E-state index contributed by atoms with van der Waals surface area (Å²) in [4.78, 5) is 1.27. The van der Waals surface area contributed by atoms with Gasteiger partial charge in [0.05, 0.1) is 14.9 Å². The van der Waals surface area contributed by atoms with E-state index in [1.54, 1.807) is 11.3 Å². The maximum Gasteiger partial charge on any atom is 0.138 e. The van der Waals surface area contributed by atoms with Crippen molar-refractivity contribution in [3.63, 3.8) is 0 Å². The van der Waals surface area contributed by atoms with Gasteiger partial charge in [-0.05, 0) is 60.1 Å². The molecule has 0 aliphatic carbocycles. The van der Waals surface area contributed by atoms with Gasteiger partial charge in [0.25, 0.3) is 0 Å². The largest absolute Gasteiger partial charge is 0.489 e. The van der Waals surface area contributed by atoms with Gasteiger partial charge in [0.2, 0.25) is 0 Å². The zero-order valence-electron chi connectivity index (χ0n) is 10.7. The SMILES string of the molecule is CC(C)Oc1ccc(NCc2ccc(Br)s2)cc1Cl. The fraction of sp³-hybridized carbons (Fsp3) is 0.286. The van der Waals surface area contributed by atoms with Gasteiger partial charge >= 0.3 is 0 Å². The summed E-state index contributed by atoms with van der Waals surface area (Å²) in [5.41, 5.74) is 0.991. The molecule has 2 nitrogen and oxygen atoms in total. The second-order valence-corrected chi connectivity index (χ2v) is 7.33. The van der Waals surface area contributed by atoms with Crippen molar-refractivity contribution in [3.05, 3.63) is 44.0 Å². The number of thiophene rings is 1. The van der Waals surface area contributed by atoms with Crippen LogP contribution in [-0.2, 0) is 6.54 Å². The van der Waals surface area contributed by atoms with Crippen molar-refractivity contribution < 1.29 is 4.74 Å². The molecule has 0 fully saturated rings. The maximum atomic E-state index is 6.19. The summed E-state index contributed by atoms with van der Waals surface area (Å²) in [7, 11) is 0. The lowest BCUT2D eigenvalue weighted by Crippen LogP contribution is -2.06. The lowest BCUT2D eigenvalue weighted by Gasteiger charge is -2.12. The van der Waals surface area contributed by atoms with Crippen molar-refractivity contribution in [1.82, 2.24) is 0 Å². The predicted octanol–water partition coefficient (Wildman–Crippen LogP) is 5.56. The topological polar surface area (TPSA) is 21.3 Å². The molecule has 0 radical (unpaired) electrons. The first-order valence-electron chi connectivity index (χ1n) is 5.99. The molecule has 1 aromatic carbocycles. The van der Waals surface area contributed by atoms with Crippen molar-refractivity contribution in [2.75, 3.05) is 5.32 Å². The van der Waals surface area contributed by atoms with Crippen LogP contribution in [0.4, 0.5) is 5.69 Å². The summed E-state index contributed by atoms with van der Waals surface area (Å²) in [5.74, 6) is 0.723. The van der Waals surface area contributed by atoms with Crippen molar-refractivity contribution in [1.29, 1.82) is 0 Å². The van der Waals surface area contributed by atoms with Gasteiger partial charge in [-0.15, -0.1) is 11.3 Å². The van der Waals surface area contributed by atoms with E-state index < -0.39 is 0 Å². The summed E-state index contributed by atoms with van der Waals surface area (Å²) in [6.45, 7) is 4.76. The molecule has 2 aromatic rings. The number of ether oxygens (including phenoxy) is 1. The molecule has 5 heteroatoms. The molecular weight excluding hydrogens is 346 g/mol. The number of benzene rings is 1. The Hall–Kier alpha value is -0.710. The van der Waals surface area contributed by atoms with Gasteiger partial charge in [-0.1, -0.05) is 11.6 Å². The molecule has 0 unspecified atom stereocenters. The monoisotopic (exact) mass is 359 g/mol. The van der Waals surface area contributed by atoms with E-state index >= 15 is 0 Å². The molecule has 1 aromatic heterocycles. The van der Waals surface area contributed by atoms with Gasteiger partial charge in [0.15, 0.2) is 0 Å². The molecule has 102 valence electrons. The summed E-state index contributed by atoms with van der Waals surface area (Å²) in [5, 5.41) is 3.98. The van der Waals surface area contributed by atoms with E-state index in [1.165, 1.54) is 4.88 Å². The molecule has 2 rings (SSSR count). The average molecular weight is 361 g/mol. The molecule has 0 amide bonds. The van der Waals surface area contributed by atoms with Crippen molar-refractivity contribution in [2.45, 2.75) is 26.5 Å². The highest BCUT2D eigenvalue weighted by molar-refractivity contribution is 9.11. The fourth-order valence-corrected chi connectivity index (χ4v) is 3.24. The molecule has 0 aliphatic rings. The second kappa shape index (κ2) is 6.64. The molecule has 0 bridgehead atoms. The number of anilines is 1. The summed E-state index contributed by atoms with van der Waals surface area (Å²) < 4.78 is 6.74. The van der Waals surface area contributed by atoms with Gasteiger partial charge in [-0.3, -0.25) is 0 Å². The Labute approximate surface area is 130 Å². The van der Waals surface area contributed by atoms with Crippen LogP contribution in [0, 0.1) is 0 Å². The Morgan fingerprint density at radius 1 is 1.32 bits per heavy atom. The first-order valence-corrected chi connectivity index (χ1v) is 7.97. The lowest BCUT2D eigenvalue weighted by molar-refractivity contribution is 0.242. The third kappa shape index (κ3) is 4.41. The van der Waals surface area contributed by atoms with Crippen LogP contribution in [0.1, 0.15) is 18.7 Å². The van der Waals surface area contributed by atoms with Gasteiger partial charge < -0.3 is 10.1 Å². The first kappa shape index (κ1) is 14.7. The van der Waals surface area contributed by atoms with Crippen LogP contribution in [0.25, 0.3) is 0 Å². The van der Waals surface area contributed by atoms with Crippen LogP contribution in [-0.4, -0.2) is 6.10 Å². The summed E-state index contributed by atoms with van der Waals surface area (Å²) in [6.07, 6.45) is 0.125. The predicted molar refractivity (Wildman–Crippen MR) is 86.6 cm³/mol.